The fourth-order valence-corrected chi connectivity index (χ4v) is 3.06. The van der Waals surface area contributed by atoms with Crippen molar-refractivity contribution in [1.29, 1.82) is 0 Å². The first-order valence-corrected chi connectivity index (χ1v) is 10.2. The summed E-state index contributed by atoms with van der Waals surface area (Å²) in [6.07, 6.45) is 3.14. The molecule has 2 heterocycles. The summed E-state index contributed by atoms with van der Waals surface area (Å²) in [6.45, 7) is 2.00. The highest BCUT2D eigenvalue weighted by molar-refractivity contribution is 6.33. The average Bonchev–Trinajstić information content (AvgIpc) is 2.77. The molecule has 0 aliphatic heterocycles. The monoisotopic (exact) mass is 467 g/mol. The molecule has 0 radical (unpaired) electrons. The van der Waals surface area contributed by atoms with Crippen molar-refractivity contribution >= 4 is 47.0 Å². The minimum atomic E-state index is -0.558. The molecule has 0 aliphatic carbocycles. The van der Waals surface area contributed by atoms with Gasteiger partial charge in [0.15, 0.2) is 5.82 Å². The predicted molar refractivity (Wildman–Crippen MR) is 125 cm³/mol. The lowest BCUT2D eigenvalue weighted by Gasteiger charge is -2.10. The summed E-state index contributed by atoms with van der Waals surface area (Å²) >= 11 is 12.0. The molecule has 0 spiro atoms. The molecule has 10 heteroatoms. The lowest BCUT2D eigenvalue weighted by molar-refractivity contribution is 0.630. The smallest absolute Gasteiger partial charge is 0.248 e. The van der Waals surface area contributed by atoms with Crippen molar-refractivity contribution in [2.24, 2.45) is 5.10 Å². The molecule has 0 bridgehead atoms. The third kappa shape index (κ3) is 5.35. The number of nitrogens with one attached hydrogen (secondary N) is 2. The minimum absolute atomic E-state index is 0.0422. The first kappa shape index (κ1) is 21.6. The second-order valence-electron chi connectivity index (χ2n) is 6.68. The van der Waals surface area contributed by atoms with E-state index in [1.165, 1.54) is 18.3 Å². The lowest BCUT2D eigenvalue weighted by atomic mass is 10.2. The van der Waals surface area contributed by atoms with Gasteiger partial charge in [0.1, 0.15) is 11.0 Å². The van der Waals surface area contributed by atoms with Gasteiger partial charge < -0.3 is 5.32 Å². The summed E-state index contributed by atoms with van der Waals surface area (Å²) in [7, 11) is 0. The van der Waals surface area contributed by atoms with Crippen LogP contribution in [0.5, 0.6) is 0 Å². The molecule has 0 aliphatic rings. The van der Waals surface area contributed by atoms with Crippen molar-refractivity contribution in [3.63, 3.8) is 0 Å². The van der Waals surface area contributed by atoms with Crippen molar-refractivity contribution in [3.8, 4) is 11.4 Å². The number of nitrogens with zero attached hydrogens (tertiary/aromatic N) is 5. The van der Waals surface area contributed by atoms with Crippen LogP contribution in [0, 0.1) is 12.7 Å². The first-order chi connectivity index (χ1) is 15.5. The largest absolute Gasteiger partial charge is 0.323 e. The molecule has 2 aromatic heterocycles. The van der Waals surface area contributed by atoms with Crippen LogP contribution in [0.2, 0.25) is 10.2 Å². The van der Waals surface area contributed by atoms with Gasteiger partial charge in [-0.15, -0.1) is 0 Å². The van der Waals surface area contributed by atoms with Crippen LogP contribution in [0.25, 0.3) is 11.4 Å². The Bertz CT molecular complexity index is 1240. The van der Waals surface area contributed by atoms with Crippen LogP contribution in [-0.4, -0.2) is 26.2 Å². The molecule has 160 valence electrons. The zero-order valence-electron chi connectivity index (χ0n) is 16.7. The molecule has 2 aromatic carbocycles. The quantitative estimate of drug-likeness (QED) is 0.209. The maximum Gasteiger partial charge on any atom is 0.248 e. The van der Waals surface area contributed by atoms with Crippen LogP contribution < -0.4 is 10.7 Å². The molecule has 2 N–H and O–H groups in total. The molecule has 0 saturated carbocycles. The Morgan fingerprint density at radius 2 is 1.72 bits per heavy atom. The van der Waals surface area contributed by atoms with Gasteiger partial charge in [0, 0.05) is 0 Å². The van der Waals surface area contributed by atoms with E-state index in [-0.39, 0.29) is 28.3 Å². The lowest BCUT2D eigenvalue weighted by Crippen LogP contribution is -2.06. The SMILES string of the molecule is Cc1ccc(/C=N/Nc2nc(Nc3ccc(Cl)nc3)nc(-c3c(F)cccc3Cl)n2)cc1. The van der Waals surface area contributed by atoms with E-state index in [0.717, 1.165) is 11.1 Å². The van der Waals surface area contributed by atoms with Crippen LogP contribution in [0.15, 0.2) is 65.9 Å². The highest BCUT2D eigenvalue weighted by Crippen LogP contribution is 2.29. The molecular weight excluding hydrogens is 452 g/mol. The van der Waals surface area contributed by atoms with E-state index in [1.807, 2.05) is 31.2 Å². The molecule has 0 saturated heterocycles. The summed E-state index contributed by atoms with van der Waals surface area (Å²) in [4.78, 5) is 16.9. The molecule has 0 unspecified atom stereocenters. The third-order valence-electron chi connectivity index (χ3n) is 4.26. The van der Waals surface area contributed by atoms with Crippen LogP contribution in [-0.2, 0) is 0 Å². The number of rotatable bonds is 6. The molecule has 0 fully saturated rings. The van der Waals surface area contributed by atoms with Gasteiger partial charge in [0.05, 0.1) is 28.7 Å². The number of hydrogen-bond acceptors (Lipinski definition) is 7. The van der Waals surface area contributed by atoms with Crippen LogP contribution in [0.3, 0.4) is 0 Å². The summed E-state index contributed by atoms with van der Waals surface area (Å²) in [5, 5.41) is 7.68. The van der Waals surface area contributed by atoms with Gasteiger partial charge in [-0.3, -0.25) is 0 Å². The summed E-state index contributed by atoms with van der Waals surface area (Å²) in [5.41, 5.74) is 5.43. The number of benzene rings is 2. The first-order valence-electron chi connectivity index (χ1n) is 9.43. The van der Waals surface area contributed by atoms with Gasteiger partial charge in [-0.1, -0.05) is 59.1 Å². The molecule has 0 amide bonds. The number of hydrogen-bond donors (Lipinski definition) is 2. The molecular formula is C22H16Cl2FN7. The van der Waals surface area contributed by atoms with E-state index < -0.39 is 5.82 Å². The van der Waals surface area contributed by atoms with E-state index in [2.05, 4.69) is 35.8 Å². The second kappa shape index (κ2) is 9.67. The van der Waals surface area contributed by atoms with E-state index in [4.69, 9.17) is 23.2 Å². The van der Waals surface area contributed by atoms with Gasteiger partial charge in [-0.25, -0.2) is 14.8 Å². The Morgan fingerprint density at radius 3 is 2.44 bits per heavy atom. The summed E-state index contributed by atoms with van der Waals surface area (Å²) < 4.78 is 14.5. The number of aromatic nitrogens is 4. The number of pyridine rings is 1. The Morgan fingerprint density at radius 1 is 0.938 bits per heavy atom. The second-order valence-corrected chi connectivity index (χ2v) is 7.47. The Hall–Kier alpha value is -3.62. The van der Waals surface area contributed by atoms with Gasteiger partial charge in [0.2, 0.25) is 11.9 Å². The minimum Gasteiger partial charge on any atom is -0.323 e. The molecule has 7 nitrogen and oxygen atoms in total. The zero-order chi connectivity index (χ0) is 22.5. The molecule has 0 atom stereocenters. The van der Waals surface area contributed by atoms with E-state index >= 15 is 0 Å². The maximum atomic E-state index is 14.5. The Balaban J connectivity index is 1.68. The predicted octanol–water partition coefficient (Wildman–Crippen LogP) is 5.88. The fraction of sp³-hybridized carbons (Fsp3) is 0.0455. The highest BCUT2D eigenvalue weighted by Gasteiger charge is 2.16. The standard InChI is InChI=1S/C22H16Cl2FN7/c1-13-5-7-14(8-6-13)11-27-32-22-30-20(19-16(23)3-2-4-17(19)25)29-21(31-22)28-15-9-10-18(24)26-12-15/h2-12H,1H3,(H2,28,29,30,31,32)/b27-11+. The van der Waals surface area contributed by atoms with Gasteiger partial charge in [-0.05, 0) is 36.8 Å². The fourth-order valence-electron chi connectivity index (χ4n) is 2.70. The van der Waals surface area contributed by atoms with Crippen molar-refractivity contribution in [2.75, 3.05) is 10.7 Å². The van der Waals surface area contributed by atoms with E-state index in [0.29, 0.717) is 10.8 Å². The highest BCUT2D eigenvalue weighted by atomic mass is 35.5. The summed E-state index contributed by atoms with van der Waals surface area (Å²) in [5.74, 6) is -0.272. The molecule has 4 rings (SSSR count). The van der Waals surface area contributed by atoms with Gasteiger partial charge in [-0.2, -0.15) is 20.1 Å². The third-order valence-corrected chi connectivity index (χ3v) is 4.80. The van der Waals surface area contributed by atoms with E-state index in [1.54, 1.807) is 24.4 Å². The van der Waals surface area contributed by atoms with Crippen molar-refractivity contribution in [3.05, 3.63) is 87.9 Å². The topological polar surface area (TPSA) is 88.0 Å². The van der Waals surface area contributed by atoms with Crippen molar-refractivity contribution in [1.82, 2.24) is 19.9 Å². The van der Waals surface area contributed by atoms with Crippen molar-refractivity contribution < 1.29 is 4.39 Å². The van der Waals surface area contributed by atoms with Crippen LogP contribution >= 0.6 is 23.2 Å². The number of anilines is 3. The molecule has 4 aromatic rings. The number of aryl methyl sites for hydroxylation is 1. The molecule has 32 heavy (non-hydrogen) atoms. The van der Waals surface area contributed by atoms with Crippen LogP contribution in [0.4, 0.5) is 22.0 Å². The average molecular weight is 468 g/mol. The normalized spacial score (nSPS) is 11.0. The van der Waals surface area contributed by atoms with Gasteiger partial charge >= 0.3 is 0 Å². The van der Waals surface area contributed by atoms with E-state index in [9.17, 15) is 4.39 Å². The Kier molecular flexibility index (Phi) is 6.53. The zero-order valence-corrected chi connectivity index (χ0v) is 18.2. The Labute approximate surface area is 193 Å². The summed E-state index contributed by atoms with van der Waals surface area (Å²) in [6, 6.07) is 15.5. The maximum absolute atomic E-state index is 14.5. The van der Waals surface area contributed by atoms with Crippen LogP contribution in [0.1, 0.15) is 11.1 Å². The number of hydrazone groups is 1. The van der Waals surface area contributed by atoms with Crippen molar-refractivity contribution in [2.45, 2.75) is 6.92 Å². The number of halogens is 3. The van der Waals surface area contributed by atoms with Gasteiger partial charge in [0.25, 0.3) is 0 Å².